The molecule has 12 heteroatoms. The molecule has 0 spiro atoms. The van der Waals surface area contributed by atoms with Gasteiger partial charge in [-0.15, -0.1) is 0 Å². The summed E-state index contributed by atoms with van der Waals surface area (Å²) < 4.78 is 9.51. The summed E-state index contributed by atoms with van der Waals surface area (Å²) in [5.41, 5.74) is 7.70. The summed E-state index contributed by atoms with van der Waals surface area (Å²) in [6, 6.07) is 22.8. The number of likely N-dealkylation sites (tertiary alicyclic amines) is 2. The fraction of sp³-hybridized carbons (Fsp3) is 0.509. The van der Waals surface area contributed by atoms with Crippen LogP contribution < -0.4 is 10.6 Å². The highest BCUT2D eigenvalue weighted by molar-refractivity contribution is 5.95. The third-order valence-electron chi connectivity index (χ3n) is 13.5. The molecule has 6 atom stereocenters. The number of hydrogen-bond donors (Lipinski definition) is 2. The maximum absolute atomic E-state index is 13.8. The van der Waals surface area contributed by atoms with Gasteiger partial charge in [0, 0.05) is 31.8 Å². The monoisotopic (exact) mass is 889 g/mol. The Balaban J connectivity index is 1.17. The van der Waals surface area contributed by atoms with Gasteiger partial charge in [-0.3, -0.25) is 19.2 Å². The quantitative estimate of drug-likeness (QED) is 0.155. The normalized spacial score (nSPS) is 20.6. The van der Waals surface area contributed by atoms with Gasteiger partial charge in [0.15, 0.2) is 11.6 Å². The predicted molar refractivity (Wildman–Crippen MR) is 251 cm³/mol. The van der Waals surface area contributed by atoms with Crippen molar-refractivity contribution >= 4 is 41.1 Å². The number of benzene rings is 3. The molecular formula is C53H68N4O8. The minimum atomic E-state index is -0.784. The number of nitrogens with zero attached hydrogens (tertiary/aromatic N) is 2. The Morgan fingerprint density at radius 1 is 0.631 bits per heavy atom. The molecule has 12 nitrogen and oxygen atoms in total. The Bertz CT molecular complexity index is 2220. The number of allylic oxidation sites excluding steroid dienone is 2. The van der Waals surface area contributed by atoms with E-state index in [9.17, 15) is 28.8 Å². The van der Waals surface area contributed by atoms with Crippen molar-refractivity contribution in [3.63, 3.8) is 0 Å². The van der Waals surface area contributed by atoms with Crippen LogP contribution in [-0.4, -0.2) is 96.8 Å². The molecule has 2 N–H and O–H groups in total. The molecule has 0 saturated carbocycles. The molecule has 1 aliphatic carbocycles. The van der Waals surface area contributed by atoms with Gasteiger partial charge in [-0.2, -0.15) is 0 Å². The van der Waals surface area contributed by atoms with Crippen molar-refractivity contribution in [1.82, 2.24) is 20.4 Å². The highest BCUT2D eigenvalue weighted by Crippen LogP contribution is 2.50. The molecule has 0 aromatic heterocycles. The number of carbonyl (C=O) groups is 6. The summed E-state index contributed by atoms with van der Waals surface area (Å²) in [5.74, 6) is -0.720. The van der Waals surface area contributed by atoms with E-state index in [0.29, 0.717) is 25.9 Å². The molecule has 3 aromatic rings. The molecule has 6 rings (SSSR count). The topological polar surface area (TPSA) is 151 Å². The van der Waals surface area contributed by atoms with Gasteiger partial charge in [-0.25, -0.2) is 9.59 Å². The van der Waals surface area contributed by atoms with Crippen LogP contribution in [0.2, 0.25) is 0 Å². The number of carbonyl (C=O) groups excluding carboxylic acids is 6. The molecule has 2 unspecified atom stereocenters. The van der Waals surface area contributed by atoms with E-state index < -0.39 is 36.4 Å². The van der Waals surface area contributed by atoms with Gasteiger partial charge in [0.05, 0.1) is 26.3 Å². The zero-order chi connectivity index (χ0) is 47.2. The van der Waals surface area contributed by atoms with Crippen LogP contribution in [0.3, 0.4) is 0 Å². The lowest BCUT2D eigenvalue weighted by Crippen LogP contribution is -2.53. The number of ketones is 2. The smallest absolute Gasteiger partial charge is 0.407 e. The first kappa shape index (κ1) is 48.7. The Hall–Kier alpha value is -5.78. The fourth-order valence-electron chi connectivity index (χ4n) is 9.78. The van der Waals surface area contributed by atoms with Crippen molar-refractivity contribution in [1.29, 1.82) is 0 Å². The first-order valence-electron chi connectivity index (χ1n) is 23.3. The van der Waals surface area contributed by atoms with Crippen LogP contribution in [-0.2, 0) is 46.9 Å². The second-order valence-electron chi connectivity index (χ2n) is 19.7. The summed E-state index contributed by atoms with van der Waals surface area (Å²) in [6.45, 7) is 15.0. The standard InChI is InChI=1S/C53H68N4O8/c1-32(2)47(54-51(62)64-8)49(60)56-28-10-12-42(56)44(58)30-34-14-18-36(19-15-34)40-26-27-41(46(40)38-22-24-39(25-23-38)53(5,6)7)37-20-16-35(17-21-37)31-45(59)43-13-11-29-57(43)50(61)48(33(3)4)55-52(63)65-9/h14-26,32-33,41-43,46-48H,10-13,27-31H2,1-9H3,(H,54,62)(H,55,63)/t41?,42-,43-,46?,47-,48-/m0/s1. The van der Waals surface area contributed by atoms with Crippen LogP contribution in [0.5, 0.6) is 0 Å². The molecule has 2 heterocycles. The summed E-state index contributed by atoms with van der Waals surface area (Å²) in [6.07, 6.45) is 4.81. The zero-order valence-electron chi connectivity index (χ0n) is 39.6. The number of amides is 4. The van der Waals surface area contributed by atoms with Crippen LogP contribution in [0.25, 0.3) is 5.57 Å². The summed E-state index contributed by atoms with van der Waals surface area (Å²) >= 11 is 0. The highest BCUT2D eigenvalue weighted by Gasteiger charge is 2.40. The van der Waals surface area contributed by atoms with Crippen molar-refractivity contribution < 1.29 is 38.2 Å². The Morgan fingerprint density at radius 3 is 1.48 bits per heavy atom. The molecule has 4 amide bonds. The van der Waals surface area contributed by atoms with E-state index in [4.69, 9.17) is 9.47 Å². The lowest BCUT2D eigenvalue weighted by atomic mass is 9.77. The largest absolute Gasteiger partial charge is 0.453 e. The molecule has 2 fully saturated rings. The number of nitrogens with one attached hydrogen (secondary N) is 2. The van der Waals surface area contributed by atoms with Crippen LogP contribution >= 0.6 is 0 Å². The molecule has 2 saturated heterocycles. The van der Waals surface area contributed by atoms with Gasteiger partial charge in [-0.1, -0.05) is 127 Å². The van der Waals surface area contributed by atoms with E-state index in [2.05, 4.69) is 86.0 Å². The fourth-order valence-corrected chi connectivity index (χ4v) is 9.78. The van der Waals surface area contributed by atoms with Crippen molar-refractivity contribution in [3.8, 4) is 0 Å². The number of hydrogen-bond acceptors (Lipinski definition) is 8. The maximum atomic E-state index is 13.8. The number of ether oxygens (including phenoxy) is 2. The molecule has 3 aliphatic rings. The van der Waals surface area contributed by atoms with E-state index in [0.717, 1.165) is 36.0 Å². The summed E-state index contributed by atoms with van der Waals surface area (Å²) in [5, 5.41) is 5.31. The Labute approximate surface area is 384 Å². The Morgan fingerprint density at radius 2 is 1.06 bits per heavy atom. The van der Waals surface area contributed by atoms with E-state index in [1.165, 1.54) is 36.5 Å². The van der Waals surface area contributed by atoms with Crippen LogP contribution in [0.1, 0.15) is 126 Å². The van der Waals surface area contributed by atoms with Crippen molar-refractivity contribution in [3.05, 3.63) is 112 Å². The molecule has 65 heavy (non-hydrogen) atoms. The first-order valence-corrected chi connectivity index (χ1v) is 23.3. The van der Waals surface area contributed by atoms with Crippen LogP contribution in [0, 0.1) is 11.8 Å². The average molecular weight is 889 g/mol. The van der Waals surface area contributed by atoms with Gasteiger partial charge in [0.2, 0.25) is 11.8 Å². The highest BCUT2D eigenvalue weighted by atomic mass is 16.5. The number of alkyl carbamates (subject to hydrolysis) is 2. The number of Topliss-reactive ketones (excluding diaryl/α,β-unsaturated/α-hetero) is 2. The van der Waals surface area contributed by atoms with Crippen molar-refractivity contribution in [2.45, 2.75) is 135 Å². The van der Waals surface area contributed by atoms with E-state index in [1.54, 1.807) is 9.80 Å². The van der Waals surface area contributed by atoms with E-state index >= 15 is 0 Å². The number of rotatable bonds is 15. The SMILES string of the molecule is COC(=O)N[C@H](C(=O)N1CCC[C@H]1C(=O)Cc1ccc(C2=CCC(c3ccc(CC(=O)[C@@H]4CCCN4C(=O)[C@@H](NC(=O)OC)C(C)C)cc3)C2c2ccc(C(C)(C)C)cc2)cc1)C(C)C. The lowest BCUT2D eigenvalue weighted by Gasteiger charge is -2.30. The molecule has 0 bridgehead atoms. The van der Waals surface area contributed by atoms with Gasteiger partial charge in [-0.05, 0) is 94.2 Å². The van der Waals surface area contributed by atoms with E-state index in [1.807, 2.05) is 52.0 Å². The van der Waals surface area contributed by atoms with Gasteiger partial charge < -0.3 is 29.9 Å². The minimum absolute atomic E-state index is 0.00456. The third-order valence-corrected chi connectivity index (χ3v) is 13.5. The lowest BCUT2D eigenvalue weighted by molar-refractivity contribution is -0.140. The maximum Gasteiger partial charge on any atom is 0.407 e. The van der Waals surface area contributed by atoms with Gasteiger partial charge in [0.25, 0.3) is 0 Å². The van der Waals surface area contributed by atoms with E-state index in [-0.39, 0.29) is 65.3 Å². The average Bonchev–Trinajstić information content (AvgIpc) is 4.08. The predicted octanol–water partition coefficient (Wildman–Crippen LogP) is 8.31. The molecule has 3 aromatic carbocycles. The molecule has 348 valence electrons. The zero-order valence-corrected chi connectivity index (χ0v) is 39.6. The molecule has 0 radical (unpaired) electrons. The Kier molecular flexibility index (Phi) is 15.7. The van der Waals surface area contributed by atoms with Gasteiger partial charge in [0.1, 0.15) is 12.1 Å². The minimum Gasteiger partial charge on any atom is -0.453 e. The third kappa shape index (κ3) is 11.4. The van der Waals surface area contributed by atoms with Gasteiger partial charge >= 0.3 is 12.2 Å². The summed E-state index contributed by atoms with van der Waals surface area (Å²) in [4.78, 5) is 82.1. The van der Waals surface area contributed by atoms with Crippen molar-refractivity contribution in [2.24, 2.45) is 11.8 Å². The molecular weight excluding hydrogens is 821 g/mol. The van der Waals surface area contributed by atoms with Crippen LogP contribution in [0.15, 0.2) is 78.9 Å². The summed E-state index contributed by atoms with van der Waals surface area (Å²) in [7, 11) is 2.53. The first-order chi connectivity index (χ1) is 30.9. The van der Waals surface area contributed by atoms with Crippen LogP contribution in [0.4, 0.5) is 9.59 Å². The molecule has 2 aliphatic heterocycles. The van der Waals surface area contributed by atoms with Crippen molar-refractivity contribution in [2.75, 3.05) is 27.3 Å². The second kappa shape index (κ2) is 21.0. The number of methoxy groups -OCH3 is 2. The second-order valence-corrected chi connectivity index (χ2v) is 19.7.